The van der Waals surface area contributed by atoms with Crippen molar-refractivity contribution in [3.63, 3.8) is 0 Å². The lowest BCUT2D eigenvalue weighted by molar-refractivity contribution is 0.103. The molecule has 98 valence electrons. The molecule has 0 atom stereocenters. The van der Waals surface area contributed by atoms with Crippen molar-refractivity contribution in [1.29, 1.82) is 0 Å². The maximum atomic E-state index is 12.5. The first kappa shape index (κ1) is 14.3. The maximum absolute atomic E-state index is 12.5. The van der Waals surface area contributed by atoms with Gasteiger partial charge in [0.2, 0.25) is 0 Å². The summed E-state index contributed by atoms with van der Waals surface area (Å²) >= 11 is 9.63. The monoisotopic (exact) mass is 336 g/mol. The van der Waals surface area contributed by atoms with Crippen LogP contribution in [0.4, 0.5) is 0 Å². The van der Waals surface area contributed by atoms with Gasteiger partial charge in [0, 0.05) is 15.6 Å². The molecule has 0 aromatic heterocycles. The van der Waals surface area contributed by atoms with Gasteiger partial charge in [-0.3, -0.25) is 4.79 Å². The first-order valence-electron chi connectivity index (χ1n) is 5.97. The van der Waals surface area contributed by atoms with E-state index < -0.39 is 0 Å². The van der Waals surface area contributed by atoms with Gasteiger partial charge in [-0.15, -0.1) is 0 Å². The first-order chi connectivity index (χ1) is 8.90. The van der Waals surface area contributed by atoms with Crippen molar-refractivity contribution in [2.75, 3.05) is 0 Å². The number of aryl methyl sites for hydroxylation is 3. The highest BCUT2D eigenvalue weighted by Gasteiger charge is 2.16. The minimum absolute atomic E-state index is 0.0556. The third kappa shape index (κ3) is 2.90. The van der Waals surface area contributed by atoms with Crippen molar-refractivity contribution < 1.29 is 4.79 Å². The first-order valence-corrected chi connectivity index (χ1v) is 7.15. The Bertz CT molecular complexity index is 662. The van der Waals surface area contributed by atoms with Gasteiger partial charge in [-0.05, 0) is 61.7 Å². The van der Waals surface area contributed by atoms with E-state index in [2.05, 4.69) is 15.9 Å². The number of benzene rings is 2. The van der Waals surface area contributed by atoms with Gasteiger partial charge >= 0.3 is 0 Å². The van der Waals surface area contributed by atoms with Crippen LogP contribution >= 0.6 is 27.5 Å². The van der Waals surface area contributed by atoms with Crippen molar-refractivity contribution in [2.45, 2.75) is 20.8 Å². The van der Waals surface area contributed by atoms with Crippen LogP contribution in [0.1, 0.15) is 32.6 Å². The standard InChI is InChI=1S/C16H14BrClO/c1-9-4-5-12(14(17)6-9)16(19)13-7-10(2)11(3)8-15(13)18/h4-8H,1-3H3. The second-order valence-corrected chi connectivity index (χ2v) is 5.99. The number of carbonyl (C=O) groups is 1. The molecule has 0 aliphatic carbocycles. The molecule has 1 nitrogen and oxygen atoms in total. The van der Waals surface area contributed by atoms with E-state index in [1.807, 2.05) is 51.1 Å². The summed E-state index contributed by atoms with van der Waals surface area (Å²) < 4.78 is 0.798. The average molecular weight is 338 g/mol. The van der Waals surface area contributed by atoms with E-state index >= 15 is 0 Å². The van der Waals surface area contributed by atoms with E-state index in [4.69, 9.17) is 11.6 Å². The highest BCUT2D eigenvalue weighted by molar-refractivity contribution is 9.10. The molecular weight excluding hydrogens is 324 g/mol. The SMILES string of the molecule is Cc1ccc(C(=O)c2cc(C)c(C)cc2Cl)c(Br)c1. The molecule has 0 unspecified atom stereocenters. The minimum Gasteiger partial charge on any atom is -0.289 e. The normalized spacial score (nSPS) is 10.6. The maximum Gasteiger partial charge on any atom is 0.195 e. The van der Waals surface area contributed by atoms with Crippen molar-refractivity contribution in [3.8, 4) is 0 Å². The lowest BCUT2D eigenvalue weighted by Gasteiger charge is -2.09. The number of hydrogen-bond acceptors (Lipinski definition) is 1. The molecule has 2 aromatic rings. The number of rotatable bonds is 2. The van der Waals surface area contributed by atoms with Crippen LogP contribution in [0.2, 0.25) is 5.02 Å². The average Bonchev–Trinajstić information content (AvgIpc) is 2.33. The lowest BCUT2D eigenvalue weighted by Crippen LogP contribution is -2.04. The van der Waals surface area contributed by atoms with Gasteiger partial charge in [-0.2, -0.15) is 0 Å². The second kappa shape index (κ2) is 5.48. The Morgan fingerprint density at radius 3 is 2.26 bits per heavy atom. The van der Waals surface area contributed by atoms with Crippen LogP contribution in [0.3, 0.4) is 0 Å². The Hall–Kier alpha value is -1.12. The Morgan fingerprint density at radius 1 is 1.00 bits per heavy atom. The summed E-state index contributed by atoms with van der Waals surface area (Å²) in [4.78, 5) is 12.5. The highest BCUT2D eigenvalue weighted by Crippen LogP contribution is 2.27. The van der Waals surface area contributed by atoms with Crippen molar-refractivity contribution in [2.24, 2.45) is 0 Å². The Kier molecular flexibility index (Phi) is 4.12. The fourth-order valence-corrected chi connectivity index (χ4v) is 2.88. The van der Waals surface area contributed by atoms with Gasteiger partial charge in [-0.25, -0.2) is 0 Å². The Labute approximate surface area is 126 Å². The molecule has 0 saturated heterocycles. The van der Waals surface area contributed by atoms with E-state index in [1.165, 1.54) is 0 Å². The molecule has 0 aliphatic rings. The molecule has 0 amide bonds. The van der Waals surface area contributed by atoms with Gasteiger partial charge in [0.1, 0.15) is 0 Å². The van der Waals surface area contributed by atoms with E-state index in [0.29, 0.717) is 16.1 Å². The van der Waals surface area contributed by atoms with Gasteiger partial charge in [0.15, 0.2) is 5.78 Å². The van der Waals surface area contributed by atoms with Gasteiger partial charge < -0.3 is 0 Å². The van der Waals surface area contributed by atoms with E-state index in [9.17, 15) is 4.79 Å². The Balaban J connectivity index is 2.53. The number of carbonyl (C=O) groups excluding carboxylic acids is 1. The van der Waals surface area contributed by atoms with E-state index in [1.54, 1.807) is 0 Å². The molecule has 0 heterocycles. The third-order valence-electron chi connectivity index (χ3n) is 3.20. The van der Waals surface area contributed by atoms with Crippen LogP contribution in [0.15, 0.2) is 34.8 Å². The van der Waals surface area contributed by atoms with Crippen LogP contribution in [-0.4, -0.2) is 5.78 Å². The van der Waals surface area contributed by atoms with Gasteiger partial charge in [-0.1, -0.05) is 33.6 Å². The predicted octanol–water partition coefficient (Wildman–Crippen LogP) is 5.26. The van der Waals surface area contributed by atoms with Crippen molar-refractivity contribution in [1.82, 2.24) is 0 Å². The molecule has 0 N–H and O–H groups in total. The number of halogens is 2. The smallest absolute Gasteiger partial charge is 0.195 e. The molecule has 0 spiro atoms. The molecule has 3 heteroatoms. The third-order valence-corrected chi connectivity index (χ3v) is 4.17. The van der Waals surface area contributed by atoms with Crippen LogP contribution in [0, 0.1) is 20.8 Å². The van der Waals surface area contributed by atoms with Gasteiger partial charge in [0.05, 0.1) is 5.02 Å². The fraction of sp³-hybridized carbons (Fsp3) is 0.188. The Morgan fingerprint density at radius 2 is 1.63 bits per heavy atom. The zero-order valence-electron chi connectivity index (χ0n) is 11.1. The van der Waals surface area contributed by atoms with Crippen molar-refractivity contribution in [3.05, 3.63) is 67.6 Å². The van der Waals surface area contributed by atoms with Crippen LogP contribution in [0.25, 0.3) is 0 Å². The molecule has 19 heavy (non-hydrogen) atoms. The van der Waals surface area contributed by atoms with Crippen LogP contribution in [-0.2, 0) is 0 Å². The summed E-state index contributed by atoms with van der Waals surface area (Å²) in [7, 11) is 0. The summed E-state index contributed by atoms with van der Waals surface area (Å²) in [6.45, 7) is 5.95. The van der Waals surface area contributed by atoms with Gasteiger partial charge in [0.25, 0.3) is 0 Å². The number of ketones is 1. The number of hydrogen-bond donors (Lipinski definition) is 0. The molecule has 2 rings (SSSR count). The quantitative estimate of drug-likeness (QED) is 0.683. The highest BCUT2D eigenvalue weighted by atomic mass is 79.9. The molecular formula is C16H14BrClO. The molecule has 2 aromatic carbocycles. The topological polar surface area (TPSA) is 17.1 Å². The predicted molar refractivity (Wildman–Crippen MR) is 83.2 cm³/mol. The molecule has 0 radical (unpaired) electrons. The summed E-state index contributed by atoms with van der Waals surface area (Å²) in [5, 5.41) is 0.501. The molecule has 0 bridgehead atoms. The second-order valence-electron chi connectivity index (χ2n) is 4.73. The summed E-state index contributed by atoms with van der Waals surface area (Å²) in [5.41, 5.74) is 4.44. The lowest BCUT2D eigenvalue weighted by atomic mass is 9.98. The zero-order chi connectivity index (χ0) is 14.2. The van der Waals surface area contributed by atoms with Crippen molar-refractivity contribution >= 4 is 33.3 Å². The molecule has 0 saturated carbocycles. The largest absolute Gasteiger partial charge is 0.289 e. The zero-order valence-corrected chi connectivity index (χ0v) is 13.4. The van der Waals surface area contributed by atoms with Crippen LogP contribution in [0.5, 0.6) is 0 Å². The summed E-state index contributed by atoms with van der Waals surface area (Å²) in [6, 6.07) is 9.38. The molecule has 0 fully saturated rings. The molecule has 0 aliphatic heterocycles. The summed E-state index contributed by atoms with van der Waals surface area (Å²) in [6.07, 6.45) is 0. The van der Waals surface area contributed by atoms with Crippen LogP contribution < -0.4 is 0 Å². The van der Waals surface area contributed by atoms with E-state index in [0.717, 1.165) is 21.2 Å². The fourth-order valence-electron chi connectivity index (χ4n) is 1.90. The summed E-state index contributed by atoms with van der Waals surface area (Å²) in [5.74, 6) is -0.0556. The minimum atomic E-state index is -0.0556. The van der Waals surface area contributed by atoms with E-state index in [-0.39, 0.29) is 5.78 Å².